The molecular formula is C8H13NOS. The lowest BCUT2D eigenvalue weighted by atomic mass is 10.3. The van der Waals surface area contributed by atoms with E-state index < -0.39 is 0 Å². The fraction of sp³-hybridized carbons (Fsp3) is 0.500. The second-order valence-corrected chi connectivity index (χ2v) is 3.32. The van der Waals surface area contributed by atoms with E-state index in [2.05, 4.69) is 23.7 Å². The predicted octanol–water partition coefficient (Wildman–Crippen LogP) is 1.92. The van der Waals surface area contributed by atoms with E-state index in [-0.39, 0.29) is 6.23 Å². The fourth-order valence-corrected chi connectivity index (χ4v) is 2.02. The molecule has 1 atom stereocenters. The molecule has 0 fully saturated rings. The van der Waals surface area contributed by atoms with Crippen molar-refractivity contribution in [1.82, 2.24) is 5.32 Å². The highest BCUT2D eigenvalue weighted by Crippen LogP contribution is 2.23. The first-order valence-corrected chi connectivity index (χ1v) is 4.41. The molecule has 0 bridgehead atoms. The molecule has 3 heteroatoms. The summed E-state index contributed by atoms with van der Waals surface area (Å²) in [5.41, 5.74) is 1.29. The maximum atomic E-state index is 5.22. The first-order valence-electron chi connectivity index (χ1n) is 3.53. The highest BCUT2D eigenvalue weighted by Gasteiger charge is 2.10. The standard InChI is InChI=1S/C8H13NOS/c1-6-4-5-11-7(6)8(9-2)10-3/h4-5,8-9H,1-3H3. The summed E-state index contributed by atoms with van der Waals surface area (Å²) >= 11 is 1.72. The summed E-state index contributed by atoms with van der Waals surface area (Å²) < 4.78 is 5.22. The van der Waals surface area contributed by atoms with Gasteiger partial charge in [0.25, 0.3) is 0 Å². The maximum absolute atomic E-state index is 5.22. The van der Waals surface area contributed by atoms with E-state index in [0.717, 1.165) is 0 Å². The van der Waals surface area contributed by atoms with Gasteiger partial charge in [-0.05, 0) is 31.0 Å². The average Bonchev–Trinajstić information content (AvgIpc) is 2.40. The molecule has 1 rings (SSSR count). The maximum Gasteiger partial charge on any atom is 0.143 e. The minimum Gasteiger partial charge on any atom is -0.361 e. The molecule has 1 unspecified atom stereocenters. The number of thiophene rings is 1. The number of rotatable bonds is 3. The van der Waals surface area contributed by atoms with Crippen LogP contribution in [0, 0.1) is 6.92 Å². The van der Waals surface area contributed by atoms with Crippen LogP contribution >= 0.6 is 11.3 Å². The van der Waals surface area contributed by atoms with Crippen molar-refractivity contribution in [2.24, 2.45) is 0 Å². The van der Waals surface area contributed by atoms with Crippen LogP contribution in [0.2, 0.25) is 0 Å². The van der Waals surface area contributed by atoms with Crippen LogP contribution in [0.15, 0.2) is 11.4 Å². The largest absolute Gasteiger partial charge is 0.361 e. The molecule has 11 heavy (non-hydrogen) atoms. The second-order valence-electron chi connectivity index (χ2n) is 2.37. The van der Waals surface area contributed by atoms with Gasteiger partial charge in [-0.1, -0.05) is 0 Å². The third-order valence-corrected chi connectivity index (χ3v) is 2.70. The lowest BCUT2D eigenvalue weighted by molar-refractivity contribution is 0.0834. The molecule has 0 aliphatic carbocycles. The molecule has 1 aromatic rings. The summed E-state index contributed by atoms with van der Waals surface area (Å²) in [7, 11) is 3.60. The first kappa shape index (κ1) is 8.71. The topological polar surface area (TPSA) is 21.3 Å². The Balaban J connectivity index is 2.81. The van der Waals surface area contributed by atoms with Crippen LogP contribution in [0.1, 0.15) is 16.7 Å². The zero-order valence-electron chi connectivity index (χ0n) is 7.05. The normalized spacial score (nSPS) is 13.4. The summed E-state index contributed by atoms with van der Waals surface area (Å²) in [6.07, 6.45) is 0.0509. The molecule has 0 saturated carbocycles. The molecule has 0 radical (unpaired) electrons. The molecule has 0 aromatic carbocycles. The van der Waals surface area contributed by atoms with E-state index in [1.165, 1.54) is 10.4 Å². The van der Waals surface area contributed by atoms with Crippen LogP contribution in [0.3, 0.4) is 0 Å². The fourth-order valence-electron chi connectivity index (χ4n) is 1.01. The molecule has 1 heterocycles. The Bertz CT molecular complexity index is 218. The molecule has 1 aromatic heterocycles. The van der Waals surface area contributed by atoms with Gasteiger partial charge in [-0.2, -0.15) is 0 Å². The van der Waals surface area contributed by atoms with Gasteiger partial charge in [0.1, 0.15) is 6.23 Å². The van der Waals surface area contributed by atoms with Crippen molar-refractivity contribution in [3.8, 4) is 0 Å². The minimum absolute atomic E-state index is 0.0509. The Morgan fingerprint density at radius 1 is 1.64 bits per heavy atom. The number of nitrogens with one attached hydrogen (secondary N) is 1. The number of hydrogen-bond donors (Lipinski definition) is 1. The zero-order chi connectivity index (χ0) is 8.27. The summed E-state index contributed by atoms with van der Waals surface area (Å²) in [5.74, 6) is 0. The van der Waals surface area contributed by atoms with E-state index in [1.807, 2.05) is 7.05 Å². The minimum atomic E-state index is 0.0509. The Morgan fingerprint density at radius 3 is 2.73 bits per heavy atom. The van der Waals surface area contributed by atoms with E-state index in [0.29, 0.717) is 0 Å². The van der Waals surface area contributed by atoms with E-state index in [4.69, 9.17) is 4.74 Å². The van der Waals surface area contributed by atoms with Crippen LogP contribution in [-0.4, -0.2) is 14.2 Å². The molecule has 2 nitrogen and oxygen atoms in total. The Kier molecular flexibility index (Phi) is 3.05. The van der Waals surface area contributed by atoms with Crippen LogP contribution in [0.25, 0.3) is 0 Å². The third-order valence-electron chi connectivity index (χ3n) is 1.64. The quantitative estimate of drug-likeness (QED) is 0.701. The van der Waals surface area contributed by atoms with Gasteiger partial charge < -0.3 is 4.74 Å². The van der Waals surface area contributed by atoms with Gasteiger partial charge >= 0.3 is 0 Å². The van der Waals surface area contributed by atoms with Crippen molar-refractivity contribution in [3.63, 3.8) is 0 Å². The molecule has 0 saturated heterocycles. The smallest absolute Gasteiger partial charge is 0.143 e. The van der Waals surface area contributed by atoms with Crippen LogP contribution in [0.5, 0.6) is 0 Å². The molecule has 0 spiro atoms. The molecular weight excluding hydrogens is 158 g/mol. The van der Waals surface area contributed by atoms with Gasteiger partial charge in [-0.3, -0.25) is 5.32 Å². The Morgan fingerprint density at radius 2 is 2.36 bits per heavy atom. The van der Waals surface area contributed by atoms with Crippen LogP contribution < -0.4 is 5.32 Å². The van der Waals surface area contributed by atoms with Crippen molar-refractivity contribution in [2.45, 2.75) is 13.2 Å². The Hall–Kier alpha value is -0.380. The molecule has 1 N–H and O–H groups in total. The van der Waals surface area contributed by atoms with E-state index >= 15 is 0 Å². The first-order chi connectivity index (χ1) is 5.29. The highest BCUT2D eigenvalue weighted by molar-refractivity contribution is 7.10. The molecule has 0 aliphatic heterocycles. The third kappa shape index (κ3) is 1.80. The molecule has 0 aliphatic rings. The van der Waals surface area contributed by atoms with Crippen molar-refractivity contribution in [2.75, 3.05) is 14.2 Å². The lowest BCUT2D eigenvalue weighted by Gasteiger charge is -2.12. The van der Waals surface area contributed by atoms with Gasteiger partial charge in [0.15, 0.2) is 0 Å². The van der Waals surface area contributed by atoms with Crippen molar-refractivity contribution in [3.05, 3.63) is 21.9 Å². The predicted molar refractivity (Wildman–Crippen MR) is 47.9 cm³/mol. The van der Waals surface area contributed by atoms with Crippen molar-refractivity contribution >= 4 is 11.3 Å². The van der Waals surface area contributed by atoms with Gasteiger partial charge in [0.05, 0.1) is 4.88 Å². The SMILES string of the molecule is CNC(OC)c1sccc1C. The summed E-state index contributed by atoms with van der Waals surface area (Å²) in [6.45, 7) is 2.09. The van der Waals surface area contributed by atoms with E-state index in [9.17, 15) is 0 Å². The lowest BCUT2D eigenvalue weighted by Crippen LogP contribution is -2.17. The van der Waals surface area contributed by atoms with Gasteiger partial charge in [0, 0.05) is 7.11 Å². The van der Waals surface area contributed by atoms with Gasteiger partial charge in [0.2, 0.25) is 0 Å². The van der Waals surface area contributed by atoms with Crippen molar-refractivity contribution in [1.29, 1.82) is 0 Å². The number of hydrogen-bond acceptors (Lipinski definition) is 3. The van der Waals surface area contributed by atoms with Crippen molar-refractivity contribution < 1.29 is 4.74 Å². The van der Waals surface area contributed by atoms with Crippen LogP contribution in [0.4, 0.5) is 0 Å². The van der Waals surface area contributed by atoms with Gasteiger partial charge in [-0.25, -0.2) is 0 Å². The summed E-state index contributed by atoms with van der Waals surface area (Å²) in [4.78, 5) is 1.26. The summed E-state index contributed by atoms with van der Waals surface area (Å²) in [6, 6.07) is 2.10. The monoisotopic (exact) mass is 171 g/mol. The zero-order valence-corrected chi connectivity index (χ0v) is 7.87. The van der Waals surface area contributed by atoms with E-state index in [1.54, 1.807) is 18.4 Å². The summed E-state index contributed by atoms with van der Waals surface area (Å²) in [5, 5.41) is 5.16. The highest BCUT2D eigenvalue weighted by atomic mass is 32.1. The number of ether oxygens (including phenoxy) is 1. The number of aryl methyl sites for hydroxylation is 1. The second kappa shape index (κ2) is 3.85. The van der Waals surface area contributed by atoms with Crippen LogP contribution in [-0.2, 0) is 4.74 Å². The molecule has 0 amide bonds. The Labute approximate surface area is 71.2 Å². The molecule has 62 valence electrons. The number of methoxy groups -OCH3 is 1. The van der Waals surface area contributed by atoms with Gasteiger partial charge in [-0.15, -0.1) is 11.3 Å². The average molecular weight is 171 g/mol.